The fourth-order valence-corrected chi connectivity index (χ4v) is 4.27. The zero-order valence-electron chi connectivity index (χ0n) is 16.0. The normalized spacial score (nSPS) is 22.8. The lowest BCUT2D eigenvalue weighted by atomic mass is 9.85. The molecule has 4 aromatic rings. The number of hydrogen-bond donors (Lipinski definition) is 1. The molecule has 1 saturated carbocycles. The SMILES string of the molecule is c1cn2nc(-c3ccn4nc(N[C@H]5C[C@H](N6CCOCC6)C5)ncc34)ccc2n1. The number of fused-ring (bicyclic) bond motifs is 2. The number of hydrogen-bond acceptors (Lipinski definition) is 7. The molecule has 1 saturated heterocycles. The van der Waals surface area contributed by atoms with E-state index in [1.807, 2.05) is 41.3 Å². The smallest absolute Gasteiger partial charge is 0.241 e. The largest absolute Gasteiger partial charge is 0.379 e. The van der Waals surface area contributed by atoms with Gasteiger partial charge in [-0.05, 0) is 31.0 Å². The lowest BCUT2D eigenvalue weighted by molar-refractivity contribution is -0.00443. The second kappa shape index (κ2) is 6.78. The molecule has 2 fully saturated rings. The summed E-state index contributed by atoms with van der Waals surface area (Å²) in [6.45, 7) is 3.80. The summed E-state index contributed by atoms with van der Waals surface area (Å²) in [5, 5.41) is 12.8. The molecule has 6 rings (SSSR count). The second-order valence-corrected chi connectivity index (χ2v) is 7.70. The van der Waals surface area contributed by atoms with E-state index in [-0.39, 0.29) is 0 Å². The molecule has 9 nitrogen and oxygen atoms in total. The van der Waals surface area contributed by atoms with Gasteiger partial charge in [0.2, 0.25) is 5.95 Å². The number of nitrogens with zero attached hydrogens (tertiary/aromatic N) is 7. The molecule has 1 aliphatic heterocycles. The third-order valence-electron chi connectivity index (χ3n) is 5.96. The Balaban J connectivity index is 1.18. The number of rotatable bonds is 4. The van der Waals surface area contributed by atoms with Crippen molar-refractivity contribution >= 4 is 17.1 Å². The van der Waals surface area contributed by atoms with Gasteiger partial charge < -0.3 is 10.1 Å². The lowest BCUT2D eigenvalue weighted by Crippen LogP contribution is -2.53. The topological polar surface area (TPSA) is 84.9 Å². The van der Waals surface area contributed by atoms with Crippen LogP contribution in [0.4, 0.5) is 5.95 Å². The minimum absolute atomic E-state index is 0.431. The summed E-state index contributed by atoms with van der Waals surface area (Å²) >= 11 is 0. The van der Waals surface area contributed by atoms with Crippen molar-refractivity contribution < 1.29 is 4.74 Å². The van der Waals surface area contributed by atoms with Crippen molar-refractivity contribution in [3.8, 4) is 11.3 Å². The third-order valence-corrected chi connectivity index (χ3v) is 5.96. The molecule has 1 N–H and O–H groups in total. The summed E-state index contributed by atoms with van der Waals surface area (Å²) in [6, 6.07) is 7.05. The zero-order valence-corrected chi connectivity index (χ0v) is 16.0. The molecule has 5 heterocycles. The van der Waals surface area contributed by atoms with Crippen LogP contribution in [0.25, 0.3) is 22.4 Å². The predicted molar refractivity (Wildman–Crippen MR) is 108 cm³/mol. The molecule has 0 bridgehead atoms. The van der Waals surface area contributed by atoms with E-state index in [0.717, 1.165) is 61.6 Å². The van der Waals surface area contributed by atoms with Crippen LogP contribution < -0.4 is 5.32 Å². The molecule has 0 unspecified atom stereocenters. The summed E-state index contributed by atoms with van der Waals surface area (Å²) < 4.78 is 9.08. The van der Waals surface area contributed by atoms with Crippen molar-refractivity contribution in [3.05, 3.63) is 43.0 Å². The maximum atomic E-state index is 5.44. The first-order chi connectivity index (χ1) is 14.3. The van der Waals surface area contributed by atoms with Gasteiger partial charge in [-0.15, -0.1) is 5.10 Å². The summed E-state index contributed by atoms with van der Waals surface area (Å²) in [7, 11) is 0. The molecule has 2 aliphatic rings. The third kappa shape index (κ3) is 3.02. The molecule has 0 atom stereocenters. The number of anilines is 1. The number of morpholine rings is 1. The monoisotopic (exact) mass is 390 g/mol. The first-order valence-electron chi connectivity index (χ1n) is 10.1. The van der Waals surface area contributed by atoms with Crippen molar-refractivity contribution in [1.29, 1.82) is 0 Å². The Morgan fingerprint density at radius 2 is 1.86 bits per heavy atom. The fourth-order valence-electron chi connectivity index (χ4n) is 4.27. The standard InChI is InChI=1S/C20H22N8O/c1-2-19-21-4-6-28(19)24-17(1)16-3-5-27-18(16)13-22-20(25-27)23-14-11-15(12-14)26-7-9-29-10-8-26/h1-6,13-15H,7-12H2,(H,23,25)/t14-,15-. The lowest BCUT2D eigenvalue weighted by Gasteiger charge is -2.44. The Labute approximate surface area is 167 Å². The maximum absolute atomic E-state index is 5.44. The maximum Gasteiger partial charge on any atom is 0.241 e. The van der Waals surface area contributed by atoms with Crippen molar-refractivity contribution in [3.63, 3.8) is 0 Å². The van der Waals surface area contributed by atoms with E-state index in [1.165, 1.54) is 0 Å². The average molecular weight is 390 g/mol. The van der Waals surface area contributed by atoms with Crippen LogP contribution in [0.2, 0.25) is 0 Å². The summed E-state index contributed by atoms with van der Waals surface area (Å²) in [6.07, 6.45) is 9.67. The van der Waals surface area contributed by atoms with Gasteiger partial charge >= 0.3 is 0 Å². The van der Waals surface area contributed by atoms with Gasteiger partial charge in [-0.3, -0.25) is 4.90 Å². The number of nitrogens with one attached hydrogen (secondary N) is 1. The van der Waals surface area contributed by atoms with Crippen LogP contribution in [0.3, 0.4) is 0 Å². The summed E-state index contributed by atoms with van der Waals surface area (Å²) in [4.78, 5) is 11.3. The fraction of sp³-hybridized carbons (Fsp3) is 0.400. The van der Waals surface area contributed by atoms with Crippen LogP contribution in [0.5, 0.6) is 0 Å². The Bertz CT molecular complexity index is 1160. The van der Waals surface area contributed by atoms with Gasteiger partial charge in [-0.2, -0.15) is 5.10 Å². The Hall–Kier alpha value is -3.04. The van der Waals surface area contributed by atoms with E-state index >= 15 is 0 Å². The van der Waals surface area contributed by atoms with E-state index in [2.05, 4.69) is 30.4 Å². The van der Waals surface area contributed by atoms with E-state index in [0.29, 0.717) is 18.0 Å². The number of imidazole rings is 1. The summed E-state index contributed by atoms with van der Waals surface area (Å²) in [5.41, 5.74) is 3.64. The minimum Gasteiger partial charge on any atom is -0.379 e. The molecule has 0 amide bonds. The van der Waals surface area contributed by atoms with Gasteiger partial charge in [-0.25, -0.2) is 19.0 Å². The highest BCUT2D eigenvalue weighted by molar-refractivity contribution is 5.78. The van der Waals surface area contributed by atoms with Gasteiger partial charge in [0.1, 0.15) is 0 Å². The van der Waals surface area contributed by atoms with Gasteiger partial charge in [0.25, 0.3) is 0 Å². The van der Waals surface area contributed by atoms with Crippen molar-refractivity contribution in [1.82, 2.24) is 34.1 Å². The average Bonchev–Trinajstić information content (AvgIpc) is 3.36. The van der Waals surface area contributed by atoms with Gasteiger partial charge in [-0.1, -0.05) is 0 Å². The molecule has 1 aliphatic carbocycles. The number of ether oxygens (including phenoxy) is 1. The molecule has 0 radical (unpaired) electrons. The van der Waals surface area contributed by atoms with Crippen molar-refractivity contribution in [2.24, 2.45) is 0 Å². The Morgan fingerprint density at radius 3 is 2.76 bits per heavy atom. The molecule has 29 heavy (non-hydrogen) atoms. The summed E-state index contributed by atoms with van der Waals surface area (Å²) in [5.74, 6) is 0.670. The highest BCUT2D eigenvalue weighted by Gasteiger charge is 2.34. The van der Waals surface area contributed by atoms with Gasteiger partial charge in [0.15, 0.2) is 5.65 Å². The van der Waals surface area contributed by atoms with Crippen molar-refractivity contribution in [2.75, 3.05) is 31.6 Å². The minimum atomic E-state index is 0.431. The molecular weight excluding hydrogens is 368 g/mol. The Morgan fingerprint density at radius 1 is 0.966 bits per heavy atom. The molecule has 4 aromatic heterocycles. The van der Waals surface area contributed by atoms with Gasteiger partial charge in [0, 0.05) is 49.3 Å². The zero-order chi connectivity index (χ0) is 19.2. The van der Waals surface area contributed by atoms with Crippen LogP contribution in [0.15, 0.2) is 43.0 Å². The molecule has 9 heteroatoms. The highest BCUT2D eigenvalue weighted by Crippen LogP contribution is 2.29. The van der Waals surface area contributed by atoms with E-state index in [1.54, 1.807) is 10.7 Å². The van der Waals surface area contributed by atoms with Crippen LogP contribution in [-0.2, 0) is 4.74 Å². The number of aromatic nitrogens is 6. The van der Waals surface area contributed by atoms with E-state index < -0.39 is 0 Å². The van der Waals surface area contributed by atoms with Crippen molar-refractivity contribution in [2.45, 2.75) is 24.9 Å². The van der Waals surface area contributed by atoms with Crippen LogP contribution in [0.1, 0.15) is 12.8 Å². The van der Waals surface area contributed by atoms with E-state index in [4.69, 9.17) is 4.74 Å². The quantitative estimate of drug-likeness (QED) is 0.568. The molecular formula is C20H22N8O. The molecule has 0 spiro atoms. The van der Waals surface area contributed by atoms with Crippen LogP contribution in [-0.4, -0.2) is 72.5 Å². The van der Waals surface area contributed by atoms with Crippen LogP contribution in [0, 0.1) is 0 Å². The Kier molecular flexibility index (Phi) is 3.95. The highest BCUT2D eigenvalue weighted by atomic mass is 16.5. The molecule has 0 aromatic carbocycles. The second-order valence-electron chi connectivity index (χ2n) is 7.70. The van der Waals surface area contributed by atoms with Crippen LogP contribution >= 0.6 is 0 Å². The molecule has 148 valence electrons. The van der Waals surface area contributed by atoms with Gasteiger partial charge in [0.05, 0.1) is 30.6 Å². The van der Waals surface area contributed by atoms with E-state index in [9.17, 15) is 0 Å². The first kappa shape index (κ1) is 16.9. The predicted octanol–water partition coefficient (Wildman–Crippen LogP) is 1.71. The first-order valence-corrected chi connectivity index (χ1v) is 10.1.